The molecule has 0 unspecified atom stereocenters. The normalized spacial score (nSPS) is 10.3. The number of carbonyl (C=O) groups is 4. The Labute approximate surface area is 158 Å². The lowest BCUT2D eigenvalue weighted by atomic mass is 10.1. The number of H-pyrrole nitrogens is 1. The van der Waals surface area contributed by atoms with E-state index in [-0.39, 0.29) is 28.4 Å². The smallest absolute Gasteiger partial charge is 0.355 e. The summed E-state index contributed by atoms with van der Waals surface area (Å²) < 4.78 is 9.94. The van der Waals surface area contributed by atoms with Crippen LogP contribution in [-0.2, 0) is 14.3 Å². The van der Waals surface area contributed by atoms with Gasteiger partial charge in [-0.15, -0.1) is 11.3 Å². The zero-order chi connectivity index (χ0) is 20.1. The van der Waals surface area contributed by atoms with Crippen LogP contribution < -0.4 is 11.1 Å². The molecule has 0 aliphatic heterocycles. The molecule has 0 atom stereocenters. The average molecular weight is 393 g/mol. The van der Waals surface area contributed by atoms with Crippen LogP contribution in [0.5, 0.6) is 0 Å². The predicted molar refractivity (Wildman–Crippen MR) is 98.0 cm³/mol. The van der Waals surface area contributed by atoms with Crippen LogP contribution in [0.25, 0.3) is 0 Å². The maximum Gasteiger partial charge on any atom is 0.355 e. The highest BCUT2D eigenvalue weighted by atomic mass is 32.1. The van der Waals surface area contributed by atoms with Gasteiger partial charge in [-0.1, -0.05) is 0 Å². The van der Waals surface area contributed by atoms with Gasteiger partial charge in [-0.2, -0.15) is 0 Å². The van der Waals surface area contributed by atoms with Crippen molar-refractivity contribution in [2.24, 2.45) is 5.73 Å². The third kappa shape index (κ3) is 4.53. The number of aryl methyl sites for hydroxylation is 1. The quantitative estimate of drug-likeness (QED) is 0.612. The maximum absolute atomic E-state index is 12.3. The summed E-state index contributed by atoms with van der Waals surface area (Å²) in [5.74, 6) is -2.63. The molecule has 0 radical (unpaired) electrons. The number of anilines is 1. The van der Waals surface area contributed by atoms with Gasteiger partial charge in [0.15, 0.2) is 6.61 Å². The number of primary amides is 1. The molecule has 0 aliphatic rings. The average Bonchev–Trinajstić information content (AvgIpc) is 3.17. The fourth-order valence-corrected chi connectivity index (χ4v) is 3.24. The molecule has 0 bridgehead atoms. The predicted octanol–water partition coefficient (Wildman–Crippen LogP) is 1.76. The van der Waals surface area contributed by atoms with Crippen LogP contribution in [-0.4, -0.2) is 42.0 Å². The Balaban J connectivity index is 2.03. The van der Waals surface area contributed by atoms with Gasteiger partial charge < -0.3 is 25.5 Å². The minimum atomic E-state index is -0.756. The van der Waals surface area contributed by atoms with Gasteiger partial charge in [-0.3, -0.25) is 9.59 Å². The highest BCUT2D eigenvalue weighted by Gasteiger charge is 2.24. The first-order valence-electron chi connectivity index (χ1n) is 7.96. The second-order valence-corrected chi connectivity index (χ2v) is 6.41. The van der Waals surface area contributed by atoms with Crippen LogP contribution in [0, 0.1) is 13.8 Å². The zero-order valence-electron chi connectivity index (χ0n) is 15.0. The van der Waals surface area contributed by atoms with Gasteiger partial charge in [0.1, 0.15) is 10.7 Å². The van der Waals surface area contributed by atoms with Crippen LogP contribution in [0.4, 0.5) is 5.00 Å². The second-order valence-electron chi connectivity index (χ2n) is 5.50. The van der Waals surface area contributed by atoms with Crippen molar-refractivity contribution < 1.29 is 28.7 Å². The van der Waals surface area contributed by atoms with Gasteiger partial charge >= 0.3 is 11.9 Å². The van der Waals surface area contributed by atoms with Crippen LogP contribution >= 0.6 is 11.3 Å². The standard InChI is InChI=1S/C17H19N3O6S/c1-4-25-17(24)13-8(2)12(9(3)19-13)16(23)26-7-11(21)20-15-10(14(18)22)5-6-27-15/h5-6,19H,4,7H2,1-3H3,(H2,18,22)(H,20,21). The van der Waals surface area contributed by atoms with E-state index in [1.165, 1.54) is 6.07 Å². The largest absolute Gasteiger partial charge is 0.461 e. The Morgan fingerprint density at radius 3 is 2.52 bits per heavy atom. The van der Waals surface area contributed by atoms with E-state index in [1.807, 2.05) is 0 Å². The monoisotopic (exact) mass is 393 g/mol. The maximum atomic E-state index is 12.3. The highest BCUT2D eigenvalue weighted by Crippen LogP contribution is 2.23. The molecule has 2 aromatic rings. The van der Waals surface area contributed by atoms with Gasteiger partial charge in [-0.25, -0.2) is 9.59 Å². The number of carbonyl (C=O) groups excluding carboxylic acids is 4. The third-order valence-electron chi connectivity index (χ3n) is 3.64. The van der Waals surface area contributed by atoms with Gasteiger partial charge in [0.25, 0.3) is 11.8 Å². The van der Waals surface area contributed by atoms with Crippen molar-refractivity contribution >= 4 is 40.1 Å². The molecule has 2 amide bonds. The van der Waals surface area contributed by atoms with E-state index in [4.69, 9.17) is 15.2 Å². The van der Waals surface area contributed by atoms with E-state index >= 15 is 0 Å². The molecule has 0 fully saturated rings. The zero-order valence-corrected chi connectivity index (χ0v) is 15.8. The van der Waals surface area contributed by atoms with Crippen LogP contribution in [0.3, 0.4) is 0 Å². The van der Waals surface area contributed by atoms with Gasteiger partial charge in [0.2, 0.25) is 0 Å². The molecule has 144 valence electrons. The first-order chi connectivity index (χ1) is 12.8. The first kappa shape index (κ1) is 20.2. The number of aromatic amines is 1. The van der Waals surface area contributed by atoms with E-state index in [2.05, 4.69) is 10.3 Å². The second kappa shape index (κ2) is 8.49. The number of ether oxygens (including phenoxy) is 2. The lowest BCUT2D eigenvalue weighted by Gasteiger charge is -2.07. The van der Waals surface area contributed by atoms with Crippen molar-refractivity contribution in [3.63, 3.8) is 0 Å². The topological polar surface area (TPSA) is 141 Å². The van der Waals surface area contributed by atoms with Crippen molar-refractivity contribution in [1.82, 2.24) is 4.98 Å². The van der Waals surface area contributed by atoms with Crippen molar-refractivity contribution in [3.8, 4) is 0 Å². The summed E-state index contributed by atoms with van der Waals surface area (Å²) in [5, 5.41) is 4.35. The number of nitrogens with two attached hydrogens (primary N) is 1. The summed E-state index contributed by atoms with van der Waals surface area (Å²) in [6.45, 7) is 4.50. The van der Waals surface area contributed by atoms with Gasteiger partial charge in [0.05, 0.1) is 17.7 Å². The first-order valence-corrected chi connectivity index (χ1v) is 8.84. The molecule has 9 nitrogen and oxygen atoms in total. The van der Waals surface area contributed by atoms with Crippen LogP contribution in [0.15, 0.2) is 11.4 Å². The summed E-state index contributed by atoms with van der Waals surface area (Å²) in [6.07, 6.45) is 0. The summed E-state index contributed by atoms with van der Waals surface area (Å²) in [5.41, 5.74) is 6.52. The molecule has 2 heterocycles. The lowest BCUT2D eigenvalue weighted by molar-refractivity contribution is -0.119. The molecular weight excluding hydrogens is 374 g/mol. The van der Waals surface area contributed by atoms with E-state index in [1.54, 1.807) is 26.2 Å². The van der Waals surface area contributed by atoms with Crippen molar-refractivity contribution in [2.75, 3.05) is 18.5 Å². The Kier molecular flexibility index (Phi) is 6.35. The number of rotatable bonds is 7. The van der Waals surface area contributed by atoms with Gasteiger partial charge in [0, 0.05) is 5.69 Å². The van der Waals surface area contributed by atoms with E-state index in [9.17, 15) is 19.2 Å². The molecule has 0 spiro atoms. The highest BCUT2D eigenvalue weighted by molar-refractivity contribution is 7.14. The number of esters is 2. The molecule has 0 aliphatic carbocycles. The van der Waals surface area contributed by atoms with E-state index in [0.717, 1.165) is 11.3 Å². The molecule has 10 heteroatoms. The molecule has 27 heavy (non-hydrogen) atoms. The Bertz CT molecular complexity index is 899. The van der Waals surface area contributed by atoms with Gasteiger partial charge in [-0.05, 0) is 37.8 Å². The fourth-order valence-electron chi connectivity index (χ4n) is 2.43. The molecule has 0 saturated carbocycles. The molecule has 2 rings (SSSR count). The number of amides is 2. The Morgan fingerprint density at radius 1 is 1.19 bits per heavy atom. The van der Waals surface area contributed by atoms with Crippen molar-refractivity contribution in [3.05, 3.63) is 39.5 Å². The minimum absolute atomic E-state index is 0.162. The third-order valence-corrected chi connectivity index (χ3v) is 4.47. The Morgan fingerprint density at radius 2 is 1.89 bits per heavy atom. The number of hydrogen-bond acceptors (Lipinski definition) is 7. The van der Waals surface area contributed by atoms with E-state index in [0.29, 0.717) is 11.3 Å². The van der Waals surface area contributed by atoms with Crippen molar-refractivity contribution in [2.45, 2.75) is 20.8 Å². The van der Waals surface area contributed by atoms with Crippen LogP contribution in [0.2, 0.25) is 0 Å². The van der Waals surface area contributed by atoms with Crippen molar-refractivity contribution in [1.29, 1.82) is 0 Å². The molecular formula is C17H19N3O6S. The number of hydrogen-bond donors (Lipinski definition) is 3. The fraction of sp³-hybridized carbons (Fsp3) is 0.294. The number of nitrogens with one attached hydrogen (secondary N) is 2. The van der Waals surface area contributed by atoms with Crippen LogP contribution in [0.1, 0.15) is 49.4 Å². The Hall–Kier alpha value is -3.14. The molecule has 4 N–H and O–H groups in total. The molecule has 0 saturated heterocycles. The lowest BCUT2D eigenvalue weighted by Crippen LogP contribution is -2.22. The summed E-state index contributed by atoms with van der Waals surface area (Å²) >= 11 is 1.12. The summed E-state index contributed by atoms with van der Waals surface area (Å²) in [6, 6.07) is 1.48. The SMILES string of the molecule is CCOC(=O)c1[nH]c(C)c(C(=O)OCC(=O)Nc2sccc2C(N)=O)c1C. The summed E-state index contributed by atoms with van der Waals surface area (Å²) in [7, 11) is 0. The number of aromatic nitrogens is 1. The summed E-state index contributed by atoms with van der Waals surface area (Å²) in [4.78, 5) is 50.2. The molecule has 0 aromatic carbocycles. The van der Waals surface area contributed by atoms with E-state index < -0.39 is 30.4 Å². The minimum Gasteiger partial charge on any atom is -0.461 e. The number of thiophene rings is 1. The molecule has 2 aromatic heterocycles.